The minimum atomic E-state index is -6.11. The fourth-order valence-corrected chi connectivity index (χ4v) is 1.36. The molecular weight excluding hydrogens is 398 g/mol. The number of aromatic nitrogens is 2. The second-order valence-electron chi connectivity index (χ2n) is 3.76. The van der Waals surface area contributed by atoms with E-state index in [4.69, 9.17) is 14.2 Å². The van der Waals surface area contributed by atoms with Crippen LogP contribution in [0.15, 0.2) is 18.7 Å². The van der Waals surface area contributed by atoms with Gasteiger partial charge in [-0.1, -0.05) is 19.8 Å². The van der Waals surface area contributed by atoms with Crippen LogP contribution >= 0.6 is 0 Å². The molecule has 0 saturated carbocycles. The van der Waals surface area contributed by atoms with Crippen LogP contribution in [0.5, 0.6) is 0 Å². The summed E-state index contributed by atoms with van der Waals surface area (Å²) in [5.74, 6) is 0. The summed E-state index contributed by atoms with van der Waals surface area (Å²) >= 11 is -6.11. The quantitative estimate of drug-likeness (QED) is 0.511. The van der Waals surface area contributed by atoms with Gasteiger partial charge in [-0.2, -0.15) is 0 Å². The van der Waals surface area contributed by atoms with Crippen LogP contribution in [0.4, 0.5) is 0 Å². The molecule has 0 amide bonds. The maximum absolute atomic E-state index is 8.64. The van der Waals surface area contributed by atoms with Crippen LogP contribution in [0.1, 0.15) is 32.6 Å². The number of nitrogens with zero attached hydrogens (tertiary/aromatic N) is 2. The normalized spacial score (nSPS) is 10.8. The Morgan fingerprint density at radius 2 is 1.82 bits per heavy atom. The van der Waals surface area contributed by atoms with Gasteiger partial charge in [-0.05, 0) is 12.8 Å². The molecule has 1 aromatic heterocycles. The van der Waals surface area contributed by atoms with E-state index < -0.39 is 15.8 Å². The first-order chi connectivity index (χ1) is 7.83. The van der Waals surface area contributed by atoms with E-state index in [9.17, 15) is 0 Å². The fraction of sp³-hybridized carbons (Fsp3) is 0.700. The van der Waals surface area contributed by atoms with E-state index in [1.54, 1.807) is 0 Å². The summed E-state index contributed by atoms with van der Waals surface area (Å²) < 4.78 is 38.9. The average Bonchev–Trinajstić information content (AvgIpc) is 2.56. The zero-order chi connectivity index (χ0) is 13.3. The van der Waals surface area contributed by atoms with Crippen molar-refractivity contribution in [3.05, 3.63) is 18.7 Å². The number of hydrogen-bond acceptors (Lipinski definition) is 4. The Labute approximate surface area is 104 Å². The third-order valence-corrected chi connectivity index (χ3v) is 2.09. The molecule has 0 unspecified atom stereocenters. The molecule has 1 aromatic rings. The number of rotatable bonds is 5. The van der Waals surface area contributed by atoms with Crippen LogP contribution < -0.4 is 8.40 Å². The summed E-state index contributed by atoms with van der Waals surface area (Å²) in [6, 6.07) is 0. The van der Waals surface area contributed by atoms with Gasteiger partial charge in [0.15, 0.2) is 0 Å². The van der Waals surface area contributed by atoms with Crippen molar-refractivity contribution in [1.29, 1.82) is 0 Å². The number of imidazole rings is 1. The van der Waals surface area contributed by atoms with Gasteiger partial charge in [-0.15, -0.1) is 0 Å². The second-order valence-corrected chi connectivity index (χ2v) is 6.47. The molecule has 6 nitrogen and oxygen atoms in total. The Balaban J connectivity index is 0.000000437. The topological polar surface area (TPSA) is 83.1 Å². The zero-order valence-electron chi connectivity index (χ0n) is 10.2. The predicted octanol–water partition coefficient (Wildman–Crippen LogP) is 0.345. The van der Waals surface area contributed by atoms with Crippen LogP contribution in [-0.2, 0) is 39.8 Å². The summed E-state index contributed by atoms with van der Waals surface area (Å²) in [7, 11) is 2.06. The first-order valence-corrected chi connectivity index (χ1v) is 9.89. The van der Waals surface area contributed by atoms with Crippen LogP contribution in [0.3, 0.4) is 0 Å². The van der Waals surface area contributed by atoms with Gasteiger partial charge >= 0.3 is 30.0 Å². The SMILES string of the molecule is CCCCCCn1cc[n+](C)c1.[O]=[Re](=[O])(=[O])[O-]. The van der Waals surface area contributed by atoms with E-state index in [0.29, 0.717) is 0 Å². The monoisotopic (exact) mass is 418 g/mol. The van der Waals surface area contributed by atoms with E-state index in [0.717, 1.165) is 0 Å². The zero-order valence-corrected chi connectivity index (χ0v) is 12.9. The van der Waals surface area contributed by atoms with Gasteiger partial charge < -0.3 is 0 Å². The first kappa shape index (κ1) is 16.2. The van der Waals surface area contributed by atoms with Crippen molar-refractivity contribution in [2.75, 3.05) is 0 Å². The second kappa shape index (κ2) is 8.34. The van der Waals surface area contributed by atoms with Gasteiger partial charge in [0.1, 0.15) is 12.4 Å². The van der Waals surface area contributed by atoms with Gasteiger partial charge in [0, 0.05) is 0 Å². The molecule has 1 heterocycles. The fourth-order valence-electron chi connectivity index (χ4n) is 1.36. The molecule has 0 aliphatic rings. The van der Waals surface area contributed by atoms with Gasteiger partial charge in [0.05, 0.1) is 13.6 Å². The van der Waals surface area contributed by atoms with Crippen molar-refractivity contribution in [3.8, 4) is 0 Å². The number of aryl methyl sites for hydroxylation is 2. The Hall–Kier alpha value is -0.768. The van der Waals surface area contributed by atoms with Gasteiger partial charge in [0.25, 0.3) is 0 Å². The summed E-state index contributed by atoms with van der Waals surface area (Å²) in [5, 5.41) is 0. The molecule has 100 valence electrons. The molecule has 0 aliphatic heterocycles. The molecule has 0 spiro atoms. The van der Waals surface area contributed by atoms with E-state index >= 15 is 0 Å². The van der Waals surface area contributed by atoms with Gasteiger partial charge in [-0.25, -0.2) is 9.13 Å². The molecular formula is C10H19N2O4Re. The molecule has 0 saturated heterocycles. The molecule has 0 bridgehead atoms. The third-order valence-electron chi connectivity index (χ3n) is 2.09. The van der Waals surface area contributed by atoms with E-state index in [1.165, 1.54) is 32.2 Å². The number of hydrogen-bond donors (Lipinski definition) is 0. The van der Waals surface area contributed by atoms with Gasteiger partial charge in [0.2, 0.25) is 6.33 Å². The predicted molar refractivity (Wildman–Crippen MR) is 51.8 cm³/mol. The van der Waals surface area contributed by atoms with E-state index in [1.807, 2.05) is 0 Å². The molecule has 0 radical (unpaired) electrons. The minimum absolute atomic E-state index is 1.17. The molecule has 0 N–H and O–H groups in total. The molecule has 1 rings (SSSR count). The Bertz CT molecular complexity index is 445. The Morgan fingerprint density at radius 1 is 1.24 bits per heavy atom. The van der Waals surface area contributed by atoms with Crippen molar-refractivity contribution < 1.29 is 34.6 Å². The van der Waals surface area contributed by atoms with E-state index in [-0.39, 0.29) is 0 Å². The molecule has 0 fully saturated rings. The van der Waals surface area contributed by atoms with Crippen LogP contribution in [-0.4, -0.2) is 4.57 Å². The standard InChI is InChI=1S/C10H19N2.4O.Re/c1-3-4-5-6-7-12-9-8-11(2)10-12;;;;;/h8-10H,3-7H2,1-2H3;;;;;/q+1;;;;-1;. The van der Waals surface area contributed by atoms with Crippen LogP contribution in [0.2, 0.25) is 0 Å². The van der Waals surface area contributed by atoms with Crippen molar-refractivity contribution in [2.45, 2.75) is 39.2 Å². The first-order valence-electron chi connectivity index (χ1n) is 5.45. The maximum atomic E-state index is 8.64. The molecule has 0 aliphatic carbocycles. The summed E-state index contributed by atoms with van der Waals surface area (Å²) in [6.45, 7) is 3.41. The average molecular weight is 417 g/mol. The van der Waals surface area contributed by atoms with E-state index in [2.05, 4.69) is 41.8 Å². The van der Waals surface area contributed by atoms with Crippen LogP contribution in [0.25, 0.3) is 0 Å². The molecule has 0 atom stereocenters. The Morgan fingerprint density at radius 3 is 2.24 bits per heavy atom. The van der Waals surface area contributed by atoms with Gasteiger partial charge in [-0.3, -0.25) is 0 Å². The molecule has 7 heteroatoms. The van der Waals surface area contributed by atoms with Crippen LogP contribution in [0, 0.1) is 0 Å². The summed E-state index contributed by atoms with van der Waals surface area (Å²) in [4.78, 5) is 0. The number of unbranched alkanes of at least 4 members (excludes halogenated alkanes) is 3. The third kappa shape index (κ3) is 13.2. The van der Waals surface area contributed by atoms with Crippen molar-refractivity contribution in [1.82, 2.24) is 4.57 Å². The van der Waals surface area contributed by atoms with Crippen molar-refractivity contribution in [3.63, 3.8) is 0 Å². The summed E-state index contributed by atoms with van der Waals surface area (Å²) in [5.41, 5.74) is 0. The summed E-state index contributed by atoms with van der Waals surface area (Å²) in [6.07, 6.45) is 11.7. The Kier molecular flexibility index (Phi) is 7.97. The van der Waals surface area contributed by atoms with Crippen molar-refractivity contribution in [2.24, 2.45) is 7.05 Å². The van der Waals surface area contributed by atoms with Crippen molar-refractivity contribution >= 4 is 0 Å². The molecule has 0 aromatic carbocycles. The molecule has 17 heavy (non-hydrogen) atoms.